The summed E-state index contributed by atoms with van der Waals surface area (Å²) in [6.45, 7) is 0. The van der Waals surface area contributed by atoms with E-state index in [1.807, 2.05) is 22.9 Å². The molecule has 0 bridgehead atoms. The fourth-order valence-electron chi connectivity index (χ4n) is 1.47. The van der Waals surface area contributed by atoms with Gasteiger partial charge in [0.05, 0.1) is 10.6 Å². The second-order valence-electron chi connectivity index (χ2n) is 3.73. The molecule has 0 aliphatic heterocycles. The van der Waals surface area contributed by atoms with Crippen LogP contribution in [0.5, 0.6) is 0 Å². The van der Waals surface area contributed by atoms with Crippen LogP contribution in [-0.4, -0.2) is 21.2 Å². The third kappa shape index (κ3) is 2.92. The molecule has 0 aliphatic carbocycles. The van der Waals surface area contributed by atoms with Crippen LogP contribution >= 0.6 is 34.4 Å². The van der Waals surface area contributed by atoms with Crippen LogP contribution < -0.4 is 0 Å². The molecule has 20 heavy (non-hydrogen) atoms. The average molecular weight is 324 g/mol. The highest BCUT2D eigenvalue weighted by Crippen LogP contribution is 2.28. The van der Waals surface area contributed by atoms with Crippen molar-refractivity contribution in [2.75, 3.05) is 0 Å². The number of hydrogen-bond acceptors (Lipinski definition) is 7. The predicted molar refractivity (Wildman–Crippen MR) is 78.5 cm³/mol. The lowest BCUT2D eigenvalue weighted by Gasteiger charge is -1.91. The summed E-state index contributed by atoms with van der Waals surface area (Å²) in [7, 11) is 0. The zero-order valence-electron chi connectivity index (χ0n) is 9.98. The third-order valence-electron chi connectivity index (χ3n) is 2.35. The van der Waals surface area contributed by atoms with Crippen LogP contribution in [0.4, 0.5) is 0 Å². The average Bonchev–Trinajstić information content (AvgIpc) is 3.17. The summed E-state index contributed by atoms with van der Waals surface area (Å²) in [6.07, 6.45) is 0. The number of carbonyl (C=O) groups is 1. The number of nitrogens with zero attached hydrogens (tertiary/aromatic N) is 2. The molecule has 3 rings (SSSR count). The Bertz CT molecular complexity index is 718. The molecule has 0 saturated heterocycles. The van der Waals surface area contributed by atoms with E-state index in [1.165, 1.54) is 23.1 Å². The van der Waals surface area contributed by atoms with Crippen molar-refractivity contribution < 1.29 is 14.4 Å². The van der Waals surface area contributed by atoms with Gasteiger partial charge >= 0.3 is 5.97 Å². The van der Waals surface area contributed by atoms with Gasteiger partial charge in [0.1, 0.15) is 4.88 Å². The van der Waals surface area contributed by atoms with Crippen LogP contribution in [0.1, 0.15) is 15.5 Å². The first-order valence-electron chi connectivity index (χ1n) is 5.53. The van der Waals surface area contributed by atoms with Crippen molar-refractivity contribution in [1.29, 1.82) is 0 Å². The maximum atomic E-state index is 10.8. The van der Waals surface area contributed by atoms with E-state index in [9.17, 15) is 4.79 Å². The molecule has 5 nitrogen and oxygen atoms in total. The molecule has 3 heterocycles. The van der Waals surface area contributed by atoms with E-state index >= 15 is 0 Å². The fourth-order valence-corrected chi connectivity index (χ4v) is 3.82. The van der Waals surface area contributed by atoms with Gasteiger partial charge in [-0.2, -0.15) is 4.98 Å². The van der Waals surface area contributed by atoms with Gasteiger partial charge in [-0.15, -0.1) is 34.4 Å². The molecule has 3 aromatic heterocycles. The lowest BCUT2D eigenvalue weighted by molar-refractivity contribution is 0.0702. The Kier molecular flexibility index (Phi) is 3.86. The molecule has 0 atom stereocenters. The number of rotatable bonds is 5. The highest BCUT2D eigenvalue weighted by molar-refractivity contribution is 7.98. The van der Waals surface area contributed by atoms with Gasteiger partial charge in [-0.3, -0.25) is 0 Å². The Morgan fingerprint density at radius 2 is 2.35 bits per heavy atom. The van der Waals surface area contributed by atoms with Crippen LogP contribution in [0.3, 0.4) is 0 Å². The minimum atomic E-state index is -0.901. The molecule has 8 heteroatoms. The van der Waals surface area contributed by atoms with E-state index in [0.29, 0.717) is 22.3 Å². The molecular formula is C12H8N2O3S3. The highest BCUT2D eigenvalue weighted by atomic mass is 32.2. The Morgan fingerprint density at radius 1 is 1.45 bits per heavy atom. The van der Waals surface area contributed by atoms with Crippen molar-refractivity contribution in [2.24, 2.45) is 0 Å². The van der Waals surface area contributed by atoms with Crippen LogP contribution in [0.25, 0.3) is 10.8 Å². The summed E-state index contributed by atoms with van der Waals surface area (Å²) in [4.78, 5) is 17.3. The van der Waals surface area contributed by atoms with Gasteiger partial charge in [0.2, 0.25) is 0 Å². The maximum absolute atomic E-state index is 10.8. The van der Waals surface area contributed by atoms with Gasteiger partial charge in [-0.1, -0.05) is 11.2 Å². The molecule has 1 N–H and O–H groups in total. The van der Waals surface area contributed by atoms with E-state index in [2.05, 4.69) is 10.1 Å². The predicted octanol–water partition coefficient (Wildman–Crippen LogP) is 3.85. The smallest absolute Gasteiger partial charge is 0.345 e. The molecule has 102 valence electrons. The lowest BCUT2D eigenvalue weighted by atomic mass is 10.5. The van der Waals surface area contributed by atoms with Crippen LogP contribution in [0.2, 0.25) is 0 Å². The van der Waals surface area contributed by atoms with Crippen molar-refractivity contribution in [3.8, 4) is 10.8 Å². The lowest BCUT2D eigenvalue weighted by Crippen LogP contribution is -1.89. The van der Waals surface area contributed by atoms with Gasteiger partial charge in [0.25, 0.3) is 5.89 Å². The van der Waals surface area contributed by atoms with Gasteiger partial charge in [0, 0.05) is 10.3 Å². The molecule has 3 aromatic rings. The SMILES string of the molecule is O=C(O)c1cc(SCc2noc(-c3cccs3)n2)cs1. The molecule has 0 amide bonds. The highest BCUT2D eigenvalue weighted by Gasteiger charge is 2.11. The number of aromatic nitrogens is 2. The Labute approximate surface area is 126 Å². The van der Waals surface area contributed by atoms with E-state index in [0.717, 1.165) is 9.77 Å². The number of thioether (sulfide) groups is 1. The zero-order chi connectivity index (χ0) is 13.9. The van der Waals surface area contributed by atoms with Crippen LogP contribution in [0, 0.1) is 0 Å². The van der Waals surface area contributed by atoms with Crippen LogP contribution in [-0.2, 0) is 5.75 Å². The maximum Gasteiger partial charge on any atom is 0.345 e. The fraction of sp³-hybridized carbons (Fsp3) is 0.0833. The first-order valence-corrected chi connectivity index (χ1v) is 8.28. The molecule has 0 fully saturated rings. The normalized spacial score (nSPS) is 10.8. The standard InChI is InChI=1S/C12H8N2O3S3/c15-12(16)9-4-7(5-20-9)19-6-10-13-11(17-14-10)8-2-1-3-18-8/h1-5H,6H2,(H,15,16). The van der Waals surface area contributed by atoms with Gasteiger partial charge in [-0.25, -0.2) is 4.79 Å². The molecule has 0 saturated carbocycles. The summed E-state index contributed by atoms with van der Waals surface area (Å²) >= 11 is 4.24. The minimum Gasteiger partial charge on any atom is -0.477 e. The number of carboxylic acid groups (broad SMARTS) is 1. The largest absolute Gasteiger partial charge is 0.477 e. The minimum absolute atomic E-state index is 0.333. The third-order valence-corrected chi connectivity index (χ3v) is 5.25. The van der Waals surface area contributed by atoms with Crippen LogP contribution in [0.15, 0.2) is 38.4 Å². The monoisotopic (exact) mass is 324 g/mol. The second kappa shape index (κ2) is 5.78. The van der Waals surface area contributed by atoms with Gasteiger partial charge in [0.15, 0.2) is 5.82 Å². The summed E-state index contributed by atoms with van der Waals surface area (Å²) in [5.74, 6) is 0.764. The first kappa shape index (κ1) is 13.3. The zero-order valence-corrected chi connectivity index (χ0v) is 12.4. The molecule has 0 aromatic carbocycles. The van der Waals surface area contributed by atoms with Gasteiger partial charge in [-0.05, 0) is 17.5 Å². The summed E-state index contributed by atoms with van der Waals surface area (Å²) in [5, 5.41) is 16.5. The van der Waals surface area contributed by atoms with Crippen molar-refractivity contribution in [1.82, 2.24) is 10.1 Å². The topological polar surface area (TPSA) is 76.2 Å². The summed E-state index contributed by atoms with van der Waals surface area (Å²) < 4.78 is 5.19. The molecule has 0 aliphatic rings. The first-order chi connectivity index (χ1) is 9.72. The van der Waals surface area contributed by atoms with Crippen molar-refractivity contribution in [2.45, 2.75) is 10.6 Å². The molecule has 0 unspecified atom stereocenters. The molecule has 0 radical (unpaired) electrons. The van der Waals surface area contributed by atoms with Crippen molar-refractivity contribution >= 4 is 40.4 Å². The molecule has 0 spiro atoms. The molecular weight excluding hydrogens is 316 g/mol. The quantitative estimate of drug-likeness (QED) is 0.718. The Hall–Kier alpha value is -1.64. The van der Waals surface area contributed by atoms with Gasteiger partial charge < -0.3 is 9.63 Å². The van der Waals surface area contributed by atoms with E-state index in [1.54, 1.807) is 17.4 Å². The number of carboxylic acids is 1. The van der Waals surface area contributed by atoms with E-state index in [-0.39, 0.29) is 0 Å². The van der Waals surface area contributed by atoms with Crippen molar-refractivity contribution in [3.63, 3.8) is 0 Å². The Morgan fingerprint density at radius 3 is 3.05 bits per heavy atom. The number of hydrogen-bond donors (Lipinski definition) is 1. The summed E-state index contributed by atoms with van der Waals surface area (Å²) in [6, 6.07) is 5.50. The second-order valence-corrected chi connectivity index (χ2v) is 6.64. The number of aromatic carboxylic acids is 1. The van der Waals surface area contributed by atoms with E-state index < -0.39 is 5.97 Å². The Balaban J connectivity index is 1.65. The van der Waals surface area contributed by atoms with E-state index in [4.69, 9.17) is 9.63 Å². The number of thiophene rings is 2. The van der Waals surface area contributed by atoms with Crippen molar-refractivity contribution in [3.05, 3.63) is 39.7 Å². The summed E-state index contributed by atoms with van der Waals surface area (Å²) in [5.41, 5.74) is 0.